The van der Waals surface area contributed by atoms with Crippen molar-refractivity contribution in [2.75, 3.05) is 7.11 Å². The van der Waals surface area contributed by atoms with Crippen molar-refractivity contribution in [3.8, 4) is 0 Å². The van der Waals surface area contributed by atoms with Crippen LogP contribution in [0, 0.1) is 10.1 Å². The number of thiophene rings is 1. The van der Waals surface area contributed by atoms with E-state index in [-0.39, 0.29) is 5.69 Å². The summed E-state index contributed by atoms with van der Waals surface area (Å²) >= 11 is 1.30. The first-order valence-electron chi connectivity index (χ1n) is 3.42. The van der Waals surface area contributed by atoms with E-state index in [4.69, 9.17) is 0 Å². The van der Waals surface area contributed by atoms with Gasteiger partial charge in [0, 0.05) is 17.1 Å². The Bertz CT molecular complexity index is 321. The Hall–Kier alpha value is -1.40. The summed E-state index contributed by atoms with van der Waals surface area (Å²) in [7, 11) is 1.49. The number of rotatable bonds is 4. The van der Waals surface area contributed by atoms with Crippen LogP contribution < -0.4 is 5.48 Å². The SMILES string of the molecule is CONC=Cc1cc([N+](=O)[O-])cs1. The fraction of sp³-hybridized carbons (Fsp3) is 0.143. The number of hydroxylamine groups is 1. The van der Waals surface area contributed by atoms with E-state index in [2.05, 4.69) is 10.3 Å². The van der Waals surface area contributed by atoms with Crippen LogP contribution in [0.25, 0.3) is 6.08 Å². The van der Waals surface area contributed by atoms with Gasteiger partial charge in [-0.15, -0.1) is 11.3 Å². The second kappa shape index (κ2) is 4.58. The predicted octanol–water partition coefficient (Wildman–Crippen LogP) is 1.78. The second-order valence-electron chi connectivity index (χ2n) is 2.12. The molecule has 0 amide bonds. The zero-order valence-corrected chi connectivity index (χ0v) is 7.71. The Labute approximate surface area is 78.7 Å². The molecule has 5 nitrogen and oxygen atoms in total. The average Bonchev–Trinajstić information content (AvgIpc) is 2.53. The van der Waals surface area contributed by atoms with Crippen molar-refractivity contribution in [3.63, 3.8) is 0 Å². The molecule has 0 aliphatic carbocycles. The van der Waals surface area contributed by atoms with Gasteiger partial charge in [0.2, 0.25) is 0 Å². The van der Waals surface area contributed by atoms with Gasteiger partial charge in [-0.1, -0.05) is 0 Å². The molecule has 0 fully saturated rings. The molecule has 0 aliphatic heterocycles. The molecule has 1 rings (SSSR count). The molecule has 0 bridgehead atoms. The average molecular weight is 200 g/mol. The van der Waals surface area contributed by atoms with Crippen LogP contribution in [-0.2, 0) is 4.84 Å². The maximum absolute atomic E-state index is 10.3. The van der Waals surface area contributed by atoms with Crippen molar-refractivity contribution in [1.82, 2.24) is 5.48 Å². The van der Waals surface area contributed by atoms with E-state index < -0.39 is 4.92 Å². The lowest BCUT2D eigenvalue weighted by molar-refractivity contribution is -0.384. The molecule has 0 radical (unpaired) electrons. The van der Waals surface area contributed by atoms with Crippen molar-refractivity contribution < 1.29 is 9.76 Å². The normalized spacial score (nSPS) is 10.5. The summed E-state index contributed by atoms with van der Waals surface area (Å²) in [5.41, 5.74) is 2.60. The Morgan fingerprint density at radius 2 is 2.54 bits per heavy atom. The van der Waals surface area contributed by atoms with E-state index in [1.54, 1.807) is 12.3 Å². The van der Waals surface area contributed by atoms with Gasteiger partial charge in [0.15, 0.2) is 0 Å². The van der Waals surface area contributed by atoms with Gasteiger partial charge in [-0.05, 0) is 6.08 Å². The summed E-state index contributed by atoms with van der Waals surface area (Å²) in [5, 5.41) is 11.8. The molecule has 1 aromatic rings. The first kappa shape index (κ1) is 9.69. The van der Waals surface area contributed by atoms with Gasteiger partial charge in [0.25, 0.3) is 5.69 Å². The van der Waals surface area contributed by atoms with E-state index in [1.165, 1.54) is 29.9 Å². The lowest BCUT2D eigenvalue weighted by Crippen LogP contribution is -1.99. The summed E-state index contributed by atoms with van der Waals surface area (Å²) in [6.07, 6.45) is 3.26. The molecular formula is C7H8N2O3S. The van der Waals surface area contributed by atoms with Crippen molar-refractivity contribution in [2.24, 2.45) is 0 Å². The Balaban J connectivity index is 2.64. The molecule has 70 valence electrons. The molecule has 1 heterocycles. The van der Waals surface area contributed by atoms with Gasteiger partial charge < -0.3 is 0 Å². The molecule has 13 heavy (non-hydrogen) atoms. The minimum absolute atomic E-state index is 0.113. The molecule has 1 aromatic heterocycles. The minimum Gasteiger partial charge on any atom is -0.280 e. The molecular weight excluding hydrogens is 192 g/mol. The summed E-state index contributed by atoms with van der Waals surface area (Å²) in [4.78, 5) is 15.2. The number of hydrogen-bond donors (Lipinski definition) is 1. The number of hydrogen-bond acceptors (Lipinski definition) is 5. The molecule has 0 saturated carbocycles. The molecule has 6 heteroatoms. The van der Waals surface area contributed by atoms with Crippen LogP contribution in [0.15, 0.2) is 17.6 Å². The first-order chi connectivity index (χ1) is 6.24. The largest absolute Gasteiger partial charge is 0.280 e. The van der Waals surface area contributed by atoms with E-state index >= 15 is 0 Å². The number of nitro groups is 1. The highest BCUT2D eigenvalue weighted by molar-refractivity contribution is 7.11. The molecule has 0 aromatic carbocycles. The fourth-order valence-corrected chi connectivity index (χ4v) is 1.46. The van der Waals surface area contributed by atoms with Crippen LogP contribution in [0.4, 0.5) is 5.69 Å². The lowest BCUT2D eigenvalue weighted by atomic mass is 10.4. The Morgan fingerprint density at radius 3 is 3.08 bits per heavy atom. The third kappa shape index (κ3) is 2.85. The van der Waals surface area contributed by atoms with Gasteiger partial charge in [-0.25, -0.2) is 0 Å². The van der Waals surface area contributed by atoms with E-state index in [0.29, 0.717) is 0 Å². The summed E-state index contributed by atoms with van der Waals surface area (Å²) < 4.78 is 0. The van der Waals surface area contributed by atoms with Gasteiger partial charge in [0.05, 0.1) is 17.4 Å². The smallest absolute Gasteiger partial charge is 0.280 e. The van der Waals surface area contributed by atoms with Gasteiger partial charge >= 0.3 is 0 Å². The van der Waals surface area contributed by atoms with Crippen molar-refractivity contribution in [1.29, 1.82) is 0 Å². The Morgan fingerprint density at radius 1 is 1.77 bits per heavy atom. The van der Waals surface area contributed by atoms with Crippen LogP contribution in [0.5, 0.6) is 0 Å². The molecule has 0 saturated heterocycles. The zero-order valence-electron chi connectivity index (χ0n) is 6.89. The summed E-state index contributed by atoms with van der Waals surface area (Å²) in [6, 6.07) is 1.50. The highest BCUT2D eigenvalue weighted by Gasteiger charge is 2.06. The molecule has 1 N–H and O–H groups in total. The monoisotopic (exact) mass is 200 g/mol. The molecule has 0 spiro atoms. The van der Waals surface area contributed by atoms with Crippen LogP contribution in [0.2, 0.25) is 0 Å². The van der Waals surface area contributed by atoms with Crippen molar-refractivity contribution >= 4 is 23.1 Å². The third-order valence-electron chi connectivity index (χ3n) is 1.25. The Kier molecular flexibility index (Phi) is 3.41. The molecule has 0 aliphatic rings. The highest BCUT2D eigenvalue weighted by Crippen LogP contribution is 2.21. The van der Waals surface area contributed by atoms with E-state index in [1.807, 2.05) is 0 Å². The van der Waals surface area contributed by atoms with Gasteiger partial charge in [0.1, 0.15) is 0 Å². The maximum atomic E-state index is 10.3. The van der Waals surface area contributed by atoms with Crippen LogP contribution in [-0.4, -0.2) is 12.0 Å². The topological polar surface area (TPSA) is 64.4 Å². The van der Waals surface area contributed by atoms with Crippen molar-refractivity contribution in [2.45, 2.75) is 0 Å². The first-order valence-corrected chi connectivity index (χ1v) is 4.30. The van der Waals surface area contributed by atoms with Crippen LogP contribution in [0.3, 0.4) is 0 Å². The van der Waals surface area contributed by atoms with E-state index in [0.717, 1.165) is 4.88 Å². The van der Waals surface area contributed by atoms with Gasteiger partial charge in [-0.2, -0.15) is 0 Å². The predicted molar refractivity (Wildman–Crippen MR) is 50.2 cm³/mol. The minimum atomic E-state index is -0.419. The summed E-state index contributed by atoms with van der Waals surface area (Å²) in [6.45, 7) is 0. The highest BCUT2D eigenvalue weighted by atomic mass is 32.1. The van der Waals surface area contributed by atoms with E-state index in [9.17, 15) is 10.1 Å². The second-order valence-corrected chi connectivity index (χ2v) is 3.06. The zero-order chi connectivity index (χ0) is 9.68. The maximum Gasteiger partial charge on any atom is 0.280 e. The molecule has 0 atom stereocenters. The number of nitrogens with one attached hydrogen (secondary N) is 1. The third-order valence-corrected chi connectivity index (χ3v) is 2.14. The number of nitrogens with zero attached hydrogens (tertiary/aromatic N) is 1. The lowest BCUT2D eigenvalue weighted by Gasteiger charge is -1.90. The van der Waals surface area contributed by atoms with Crippen LogP contribution in [0.1, 0.15) is 4.88 Å². The molecule has 0 unspecified atom stereocenters. The van der Waals surface area contributed by atoms with Gasteiger partial charge in [-0.3, -0.25) is 20.4 Å². The fourth-order valence-electron chi connectivity index (χ4n) is 0.710. The quantitative estimate of drug-likeness (QED) is 0.594. The van der Waals surface area contributed by atoms with Crippen molar-refractivity contribution in [3.05, 3.63) is 32.6 Å². The summed E-state index contributed by atoms with van der Waals surface area (Å²) in [5.74, 6) is 0. The van der Waals surface area contributed by atoms with Crippen LogP contribution >= 0.6 is 11.3 Å². The standard InChI is InChI=1S/C7H8N2O3S/c1-12-8-3-2-7-4-6(5-13-7)9(10)11/h2-5,8H,1H3.